The van der Waals surface area contributed by atoms with Crippen LogP contribution in [0.1, 0.15) is 0 Å². The molecule has 0 spiro atoms. The van der Waals surface area contributed by atoms with Gasteiger partial charge in [-0.1, -0.05) is 97.1 Å². The van der Waals surface area contributed by atoms with Gasteiger partial charge in [0.1, 0.15) is 22.7 Å². The van der Waals surface area contributed by atoms with Gasteiger partial charge in [0.05, 0.1) is 5.56 Å². The molecule has 10 rings (SSSR count). The molecular weight excluding hydrogens is 542 g/mol. The van der Waals surface area contributed by atoms with E-state index < -0.39 is 0 Å². The molecule has 1 aliphatic heterocycles. The number of fused-ring (bicyclic) bond motifs is 3. The molecule has 2 aromatic heterocycles. The lowest BCUT2D eigenvalue weighted by Crippen LogP contribution is -2.03. The van der Waals surface area contributed by atoms with Crippen molar-refractivity contribution < 1.29 is 9.15 Å². The van der Waals surface area contributed by atoms with Crippen LogP contribution in [-0.2, 0) is 0 Å². The number of hydrogen-bond acceptors (Lipinski definition) is 5. The van der Waals surface area contributed by atoms with E-state index in [2.05, 4.69) is 60.7 Å². The van der Waals surface area contributed by atoms with E-state index in [0.29, 0.717) is 17.5 Å². The van der Waals surface area contributed by atoms with E-state index in [-0.39, 0.29) is 0 Å². The second kappa shape index (κ2) is 8.72. The molecule has 7 aromatic carbocycles. The minimum Gasteiger partial charge on any atom is -0.456 e. The summed E-state index contributed by atoms with van der Waals surface area (Å²) in [6.45, 7) is 0. The lowest BCUT2D eigenvalue weighted by Gasteiger charge is -2.22. The Bertz CT molecular complexity index is 2640. The van der Waals surface area contributed by atoms with E-state index in [4.69, 9.17) is 24.1 Å². The van der Waals surface area contributed by atoms with Crippen molar-refractivity contribution in [2.24, 2.45) is 0 Å². The van der Waals surface area contributed by atoms with Gasteiger partial charge in [-0.25, -0.2) is 15.0 Å². The lowest BCUT2D eigenvalue weighted by atomic mass is 9.92. The van der Waals surface area contributed by atoms with Crippen LogP contribution in [0.5, 0.6) is 11.5 Å². The van der Waals surface area contributed by atoms with Crippen molar-refractivity contribution >= 4 is 54.3 Å². The molecule has 0 saturated heterocycles. The van der Waals surface area contributed by atoms with E-state index in [1.807, 2.05) is 66.7 Å². The maximum Gasteiger partial charge on any atom is 0.167 e. The summed E-state index contributed by atoms with van der Waals surface area (Å²) < 4.78 is 13.0. The summed E-state index contributed by atoms with van der Waals surface area (Å²) >= 11 is 0. The zero-order valence-corrected chi connectivity index (χ0v) is 23.3. The number of para-hydroxylation sites is 1. The Balaban J connectivity index is 1.25. The number of aromatic nitrogens is 3. The van der Waals surface area contributed by atoms with Gasteiger partial charge in [0.15, 0.2) is 17.5 Å². The summed E-state index contributed by atoms with van der Waals surface area (Å²) in [5, 5.41) is 9.03. The van der Waals surface area contributed by atoms with Gasteiger partial charge in [0, 0.05) is 38.1 Å². The molecule has 0 aliphatic carbocycles. The van der Waals surface area contributed by atoms with Crippen LogP contribution in [0, 0.1) is 0 Å². The summed E-state index contributed by atoms with van der Waals surface area (Å²) in [6.07, 6.45) is 0. The highest BCUT2D eigenvalue weighted by atomic mass is 16.5. The maximum absolute atomic E-state index is 6.74. The third-order valence-electron chi connectivity index (χ3n) is 8.68. The van der Waals surface area contributed by atoms with E-state index >= 15 is 0 Å². The van der Waals surface area contributed by atoms with Crippen LogP contribution in [0.25, 0.3) is 88.4 Å². The highest BCUT2D eigenvalue weighted by Gasteiger charge is 2.24. The van der Waals surface area contributed by atoms with Crippen molar-refractivity contribution in [3.05, 3.63) is 127 Å². The minimum atomic E-state index is 0.555. The predicted octanol–water partition coefficient (Wildman–Crippen LogP) is 10.3. The largest absolute Gasteiger partial charge is 0.456 e. The van der Waals surface area contributed by atoms with E-state index in [1.54, 1.807) is 0 Å². The smallest absolute Gasteiger partial charge is 0.167 e. The van der Waals surface area contributed by atoms with Crippen LogP contribution >= 0.6 is 0 Å². The first-order chi connectivity index (χ1) is 21.8. The lowest BCUT2D eigenvalue weighted by molar-refractivity contribution is 0.494. The zero-order valence-electron chi connectivity index (χ0n) is 23.3. The van der Waals surface area contributed by atoms with Crippen LogP contribution < -0.4 is 4.74 Å². The van der Waals surface area contributed by atoms with Crippen molar-refractivity contribution in [2.45, 2.75) is 0 Å². The number of hydrogen-bond donors (Lipinski definition) is 0. The molecule has 0 fully saturated rings. The second-order valence-corrected chi connectivity index (χ2v) is 11.2. The van der Waals surface area contributed by atoms with E-state index in [1.165, 1.54) is 10.8 Å². The third-order valence-corrected chi connectivity index (χ3v) is 8.68. The minimum absolute atomic E-state index is 0.555. The molecular formula is C39H21N3O2. The van der Waals surface area contributed by atoms with Crippen LogP contribution in [0.15, 0.2) is 132 Å². The molecule has 0 radical (unpaired) electrons. The number of ether oxygens (including phenoxy) is 1. The normalized spacial score (nSPS) is 12.3. The first-order valence-corrected chi connectivity index (χ1v) is 14.6. The quantitative estimate of drug-likeness (QED) is 0.200. The van der Waals surface area contributed by atoms with Crippen LogP contribution in [0.2, 0.25) is 0 Å². The first-order valence-electron chi connectivity index (χ1n) is 14.6. The molecule has 0 atom stereocenters. The van der Waals surface area contributed by atoms with Gasteiger partial charge in [0.25, 0.3) is 0 Å². The summed E-state index contributed by atoms with van der Waals surface area (Å²) in [6, 6.07) is 43.4. The van der Waals surface area contributed by atoms with E-state index in [9.17, 15) is 0 Å². The molecule has 0 amide bonds. The van der Waals surface area contributed by atoms with Crippen LogP contribution in [0.3, 0.4) is 0 Å². The average molecular weight is 564 g/mol. The van der Waals surface area contributed by atoms with Crippen molar-refractivity contribution in [3.63, 3.8) is 0 Å². The predicted molar refractivity (Wildman–Crippen MR) is 176 cm³/mol. The molecule has 0 N–H and O–H groups in total. The fraction of sp³-hybridized carbons (Fsp3) is 0. The van der Waals surface area contributed by atoms with Crippen molar-refractivity contribution in [1.82, 2.24) is 15.0 Å². The number of nitrogens with zero attached hydrogens (tertiary/aromatic N) is 3. The van der Waals surface area contributed by atoms with Crippen LogP contribution in [0.4, 0.5) is 0 Å². The maximum atomic E-state index is 6.74. The van der Waals surface area contributed by atoms with Crippen LogP contribution in [-0.4, -0.2) is 15.0 Å². The number of benzene rings is 7. The standard InChI is InChI=1S/C39H21N3O2/c1-2-7-25(8-3-1)37-40-38(26-18-19-28-27-10-4-5-11-30(27)43-32(28)21-26)42-39(41-37)29-20-17-24-16-15-23-14-13-22-9-6-12-31-33(22)34(23)35(24)36(29)44-31/h1-21H. The first kappa shape index (κ1) is 23.5. The fourth-order valence-electron chi connectivity index (χ4n) is 6.63. The summed E-state index contributed by atoms with van der Waals surface area (Å²) in [7, 11) is 0. The van der Waals surface area contributed by atoms with Crippen molar-refractivity contribution in [1.29, 1.82) is 0 Å². The molecule has 5 nitrogen and oxygen atoms in total. The van der Waals surface area contributed by atoms with Gasteiger partial charge in [0.2, 0.25) is 0 Å². The molecule has 0 unspecified atom stereocenters. The molecule has 9 aromatic rings. The summed E-state index contributed by atoms with van der Waals surface area (Å²) in [4.78, 5) is 15.1. The highest BCUT2D eigenvalue weighted by Crippen LogP contribution is 2.50. The third kappa shape index (κ3) is 3.32. The molecule has 0 bridgehead atoms. The summed E-state index contributed by atoms with van der Waals surface area (Å²) in [5.74, 6) is 3.33. The Morgan fingerprint density at radius 1 is 0.432 bits per heavy atom. The van der Waals surface area contributed by atoms with Crippen molar-refractivity contribution in [2.75, 3.05) is 0 Å². The monoisotopic (exact) mass is 563 g/mol. The Kier molecular flexibility index (Phi) is 4.66. The summed E-state index contributed by atoms with van der Waals surface area (Å²) in [5.41, 5.74) is 4.24. The van der Waals surface area contributed by atoms with Gasteiger partial charge < -0.3 is 9.15 Å². The number of furan rings is 1. The molecule has 1 aliphatic rings. The Hall–Kier alpha value is -6.07. The number of rotatable bonds is 3. The topological polar surface area (TPSA) is 61.0 Å². The molecule has 204 valence electrons. The van der Waals surface area contributed by atoms with Crippen molar-refractivity contribution in [3.8, 4) is 45.7 Å². The molecule has 5 heteroatoms. The molecule has 0 saturated carbocycles. The van der Waals surface area contributed by atoms with Gasteiger partial charge >= 0.3 is 0 Å². The zero-order chi connectivity index (χ0) is 28.8. The fourth-order valence-corrected chi connectivity index (χ4v) is 6.63. The van der Waals surface area contributed by atoms with Gasteiger partial charge in [-0.3, -0.25) is 0 Å². The Morgan fingerprint density at radius 3 is 1.98 bits per heavy atom. The van der Waals surface area contributed by atoms with Gasteiger partial charge in [-0.2, -0.15) is 0 Å². The Morgan fingerprint density at radius 2 is 1.11 bits per heavy atom. The second-order valence-electron chi connectivity index (χ2n) is 11.2. The van der Waals surface area contributed by atoms with Gasteiger partial charge in [-0.05, 0) is 46.5 Å². The molecule has 3 heterocycles. The van der Waals surface area contributed by atoms with Gasteiger partial charge in [-0.15, -0.1) is 0 Å². The highest BCUT2D eigenvalue weighted by molar-refractivity contribution is 6.26. The molecule has 44 heavy (non-hydrogen) atoms. The average Bonchev–Trinajstić information content (AvgIpc) is 3.46. The Labute approximate surface area is 251 Å². The SMILES string of the molecule is c1ccc(-c2nc(-c3ccc4c(c3)oc3ccccc34)nc(-c3ccc4ccc5ccc6cccc7c6c5c4c3O7)n2)cc1. The van der Waals surface area contributed by atoms with E-state index in [0.717, 1.165) is 71.7 Å².